The lowest BCUT2D eigenvalue weighted by Gasteiger charge is -2.15. The van der Waals surface area contributed by atoms with E-state index in [0.717, 1.165) is 0 Å². The zero-order chi connectivity index (χ0) is 96.9. The summed E-state index contributed by atoms with van der Waals surface area (Å²) in [6.07, 6.45) is 0. The lowest BCUT2D eigenvalue weighted by Crippen LogP contribution is -1.88. The fourth-order valence-corrected chi connectivity index (χ4v) is 25.8. The molecule has 148 heavy (non-hydrogen) atoms. The normalized spacial score (nSPS) is 12.1. The summed E-state index contributed by atoms with van der Waals surface area (Å²) in [5, 5.41) is 33.5. The van der Waals surface area contributed by atoms with Crippen molar-refractivity contribution >= 4 is 140 Å². The van der Waals surface area contributed by atoms with E-state index in [1.165, 1.54) is 329 Å². The number of hydrogen-bond donors (Lipinski definition) is 0. The van der Waals surface area contributed by atoms with Crippen LogP contribution in [-0.2, 0) is 0 Å². The van der Waals surface area contributed by atoms with Crippen LogP contribution >= 0.6 is 0 Å². The fraction of sp³-hybridized carbons (Fsp3) is 0. The molecule has 29 aromatic rings. The number of benzene rings is 29. The Hall–Kier alpha value is -19.2. The third-order valence-corrected chi connectivity index (χ3v) is 32.7. The molecule has 0 amide bonds. The summed E-state index contributed by atoms with van der Waals surface area (Å²) in [6.45, 7) is 0. The first-order valence-corrected chi connectivity index (χ1v) is 51.6. The Bertz CT molecular complexity index is 10700. The van der Waals surface area contributed by atoms with Gasteiger partial charge in [-0.05, 0) is 408 Å². The van der Waals surface area contributed by atoms with Gasteiger partial charge in [0.2, 0.25) is 0 Å². The predicted molar refractivity (Wildman–Crippen MR) is 634 cm³/mol. The molecule has 0 fully saturated rings. The number of hydrogen-bond acceptors (Lipinski definition) is 0. The maximum atomic E-state index is 2.41. The van der Waals surface area contributed by atoms with E-state index in [1.54, 1.807) is 0 Å². The molecule has 29 aromatic carbocycles. The van der Waals surface area contributed by atoms with Crippen molar-refractivity contribution in [1.82, 2.24) is 0 Å². The van der Waals surface area contributed by atoms with Crippen LogP contribution < -0.4 is 0 Å². The van der Waals surface area contributed by atoms with Gasteiger partial charge in [-0.15, -0.1) is 0 Å². The van der Waals surface area contributed by atoms with Crippen LogP contribution in [0.3, 0.4) is 0 Å². The first-order chi connectivity index (χ1) is 73.4. The molecule has 0 nitrogen and oxygen atoms in total. The second-order valence-electron chi connectivity index (χ2n) is 40.5. The Balaban J connectivity index is 0.000000101. The van der Waals surface area contributed by atoms with Crippen molar-refractivity contribution in [1.29, 1.82) is 0 Å². The van der Waals surface area contributed by atoms with Crippen molar-refractivity contribution in [3.8, 4) is 189 Å². The van der Waals surface area contributed by atoms with Crippen LogP contribution in [0.2, 0.25) is 0 Å². The van der Waals surface area contributed by atoms with E-state index in [1.807, 2.05) is 0 Å². The van der Waals surface area contributed by atoms with Crippen LogP contribution in [-0.4, -0.2) is 0 Å². The van der Waals surface area contributed by atoms with E-state index in [9.17, 15) is 0 Å². The molecule has 0 aliphatic heterocycles. The minimum Gasteiger partial charge on any atom is -0.0616 e. The lowest BCUT2D eigenvalue weighted by atomic mass is 9.88. The van der Waals surface area contributed by atoms with E-state index in [4.69, 9.17) is 0 Å². The summed E-state index contributed by atoms with van der Waals surface area (Å²) >= 11 is 0. The topological polar surface area (TPSA) is 0 Å². The largest absolute Gasteiger partial charge is 0.0616 e. The molecule has 0 unspecified atom stereocenters. The second-order valence-corrected chi connectivity index (χ2v) is 40.5. The molecule has 33 rings (SSSR count). The maximum absolute atomic E-state index is 2.41. The van der Waals surface area contributed by atoms with E-state index in [2.05, 4.69) is 534 Å². The van der Waals surface area contributed by atoms with E-state index >= 15 is 0 Å². The highest BCUT2D eigenvalue weighted by atomic mass is 14.3. The van der Waals surface area contributed by atoms with E-state index in [-0.39, 0.29) is 0 Å². The highest BCUT2D eigenvalue weighted by Gasteiger charge is 2.30. The van der Waals surface area contributed by atoms with Gasteiger partial charge in [0.05, 0.1) is 0 Å². The molecule has 0 saturated carbocycles. The van der Waals surface area contributed by atoms with Crippen LogP contribution in [0.4, 0.5) is 0 Å². The molecule has 4 aliphatic carbocycles. The molecule has 0 aromatic heterocycles. The van der Waals surface area contributed by atoms with Crippen molar-refractivity contribution in [3.63, 3.8) is 0 Å². The summed E-state index contributed by atoms with van der Waals surface area (Å²) in [5.74, 6) is 0. The van der Waals surface area contributed by atoms with Gasteiger partial charge in [-0.2, -0.15) is 0 Å². The van der Waals surface area contributed by atoms with Crippen molar-refractivity contribution < 1.29 is 0 Å². The Morgan fingerprint density at radius 2 is 0.270 bits per heavy atom. The van der Waals surface area contributed by atoms with Crippen molar-refractivity contribution in [2.24, 2.45) is 0 Å². The van der Waals surface area contributed by atoms with Crippen LogP contribution in [0, 0.1) is 0 Å². The summed E-state index contributed by atoms with van der Waals surface area (Å²) in [6, 6.07) is 198. The zero-order valence-electron chi connectivity index (χ0n) is 80.8. The Morgan fingerprint density at radius 1 is 0.0676 bits per heavy atom. The van der Waals surface area contributed by atoms with Crippen LogP contribution in [0.15, 0.2) is 534 Å². The van der Waals surface area contributed by atoms with Crippen LogP contribution in [0.25, 0.3) is 329 Å². The summed E-state index contributed by atoms with van der Waals surface area (Å²) in [7, 11) is 0. The van der Waals surface area contributed by atoms with Gasteiger partial charge < -0.3 is 0 Å². The van der Waals surface area contributed by atoms with Crippen molar-refractivity contribution in [2.45, 2.75) is 0 Å². The standard InChI is InChI=1S/C52H30.C50H30.C46H28/c1-2-10-37-34(9-1)29-36(30-50(37)43-24-26-49-42-14-6-4-12-40(42)46-17-8-18-47(43)52(46)49)33-20-19-32-28-35(22-21-31(32)27-33)38-23-25-48-41-13-5-3-11-39(41)45-16-7-15-44(38)51(45)48;1-4-13-39-34(10-1)28-37(30-49(39)44-24-25-47-42-16-7-6-15-41(42)45-18-9-19-46(44)50(45)47)33-21-20-32-27-36(23-22-31(32)26-33)48-29-35-11-2-3-12-38(35)40-14-5-8-17-43(40)48;1-3-12-36-29(9-1)11-7-16-37(36)33-21-19-31-26-34(22-20-30(31)25-33)45-28-35(27-32-10-2-4-13-38(32)45)39-23-24-44-41-15-6-5-14-40(41)43-18-8-17-42(39)46(43)44/h1-30H;1-30H;1-28H. The van der Waals surface area contributed by atoms with E-state index < -0.39 is 0 Å². The molecule has 4 aliphatic rings. The predicted octanol–water partition coefficient (Wildman–Crippen LogP) is 41.6. The Kier molecular flexibility index (Phi) is 18.7. The molecule has 0 N–H and O–H groups in total. The molecular formula is C148H88. The smallest absolute Gasteiger partial charge is 0.00201 e. The summed E-state index contributed by atoms with van der Waals surface area (Å²) in [5.41, 5.74) is 44.0. The van der Waals surface area contributed by atoms with Crippen molar-refractivity contribution in [3.05, 3.63) is 534 Å². The highest BCUT2D eigenvalue weighted by Crippen LogP contribution is 2.57. The minimum atomic E-state index is 1.23. The Morgan fingerprint density at radius 3 is 0.655 bits per heavy atom. The van der Waals surface area contributed by atoms with Gasteiger partial charge in [0.25, 0.3) is 0 Å². The lowest BCUT2D eigenvalue weighted by molar-refractivity contribution is 1.64. The molecule has 680 valence electrons. The second kappa shape index (κ2) is 33.2. The summed E-state index contributed by atoms with van der Waals surface area (Å²) < 4.78 is 0. The van der Waals surface area contributed by atoms with Gasteiger partial charge >= 0.3 is 0 Å². The van der Waals surface area contributed by atoms with Crippen LogP contribution in [0.5, 0.6) is 0 Å². The molecule has 0 heterocycles. The molecular weight excluding hydrogens is 1780 g/mol. The van der Waals surface area contributed by atoms with Crippen LogP contribution in [0.1, 0.15) is 0 Å². The molecule has 0 atom stereocenters. The average molecular weight is 1870 g/mol. The average Bonchev–Trinajstić information content (AvgIpc) is 1.57. The number of fused-ring (bicyclic) bond motifs is 22. The molecule has 0 heteroatoms. The van der Waals surface area contributed by atoms with Crippen molar-refractivity contribution in [2.75, 3.05) is 0 Å². The van der Waals surface area contributed by atoms with Gasteiger partial charge in [0.15, 0.2) is 0 Å². The third-order valence-electron chi connectivity index (χ3n) is 32.7. The van der Waals surface area contributed by atoms with Gasteiger partial charge in [0, 0.05) is 0 Å². The van der Waals surface area contributed by atoms with Gasteiger partial charge in [-0.25, -0.2) is 0 Å². The monoisotopic (exact) mass is 1860 g/mol. The molecule has 0 saturated heterocycles. The first-order valence-electron chi connectivity index (χ1n) is 51.6. The quantitative estimate of drug-likeness (QED) is 0.126. The van der Waals surface area contributed by atoms with Gasteiger partial charge in [-0.3, -0.25) is 0 Å². The first kappa shape index (κ1) is 83.4. The summed E-state index contributed by atoms with van der Waals surface area (Å²) in [4.78, 5) is 0. The SMILES string of the molecule is c1ccc2c(c1)-c1cccc3c(-c4cc(-c5ccc6cc(-c7cc8ccccc8c8ccccc78)ccc6c5)cc5ccccc45)ccc-2c13.c1ccc2c(c1)-c1cccc3c(-c4cc(-c5ccc6cc(-c7cccc8ccccc78)ccc6c5)c5ccccc5c4)ccc-2c13.c1ccc2c(c1)-c1cccc3c(-c4ccc5cc(-c6cc(-c7ccc8c9c(cccc79)-c7ccccc7-8)c7ccccc7c6)ccc5c4)ccc-2c13. The zero-order valence-corrected chi connectivity index (χ0v) is 80.8. The Labute approximate surface area is 856 Å². The fourth-order valence-electron chi connectivity index (χ4n) is 25.8. The molecule has 0 bridgehead atoms. The number of rotatable bonds is 9. The van der Waals surface area contributed by atoms with E-state index in [0.29, 0.717) is 0 Å². The van der Waals surface area contributed by atoms with Gasteiger partial charge in [-0.1, -0.05) is 455 Å². The maximum Gasteiger partial charge on any atom is -0.00201 e. The molecule has 0 radical (unpaired) electrons. The molecule has 0 spiro atoms. The third kappa shape index (κ3) is 13.1. The van der Waals surface area contributed by atoms with Gasteiger partial charge in [0.1, 0.15) is 0 Å². The highest BCUT2D eigenvalue weighted by molar-refractivity contribution is 6.26. The minimum absolute atomic E-state index is 1.23.